The number of ether oxygens (including phenoxy) is 1. The van der Waals surface area contributed by atoms with Gasteiger partial charge < -0.3 is 26.0 Å². The normalized spacial score (nSPS) is 13.7. The number of carbonyl (C=O) groups is 4. The summed E-state index contributed by atoms with van der Waals surface area (Å²) in [5.74, 6) is -0.613. The van der Waals surface area contributed by atoms with Gasteiger partial charge in [0.15, 0.2) is 17.4 Å². The number of rotatable bonds is 18. The molecule has 4 amide bonds. The number of benzene rings is 2. The number of amides is 4. The monoisotopic (exact) mass is 857 g/mol. The van der Waals surface area contributed by atoms with Crippen molar-refractivity contribution in [3.8, 4) is 17.1 Å². The van der Waals surface area contributed by atoms with Gasteiger partial charge in [-0.05, 0) is 61.6 Å². The fraction of sp³-hybridized carbons (Fsp3) is 0.311. The maximum absolute atomic E-state index is 13.5. The van der Waals surface area contributed by atoms with E-state index in [9.17, 15) is 28.4 Å². The van der Waals surface area contributed by atoms with Crippen LogP contribution in [0.15, 0.2) is 84.2 Å². The number of carbonyl (C=O) groups excluding carboxylic acids is 4. The summed E-state index contributed by atoms with van der Waals surface area (Å²) in [6.45, 7) is 0.513. The van der Waals surface area contributed by atoms with Gasteiger partial charge in [0.25, 0.3) is 11.8 Å². The predicted octanol–water partition coefficient (Wildman–Crippen LogP) is 5.87. The summed E-state index contributed by atoms with van der Waals surface area (Å²) >= 11 is 0. The SMILES string of the molecule is CNC(=O)c1cnc(Nc2cc(C(=O)NCCCCCCCCc3cccc4c3n(C)c(=O)n4C3CCC(=O)NC3=O)ccn2)cc1Nc1cccc(-c2ncc(F)cn2)c1OC. The number of aromatic nitrogens is 6. The topological polar surface area (TPSA) is 216 Å². The van der Waals surface area contributed by atoms with Crippen molar-refractivity contribution >= 4 is 57.7 Å². The van der Waals surface area contributed by atoms with Gasteiger partial charge in [0.2, 0.25) is 11.8 Å². The highest BCUT2D eigenvalue weighted by Crippen LogP contribution is 2.37. The molecule has 5 N–H and O–H groups in total. The number of nitrogens with zero attached hydrogens (tertiary/aromatic N) is 6. The summed E-state index contributed by atoms with van der Waals surface area (Å²) in [6, 6.07) is 15.2. The maximum atomic E-state index is 13.5. The van der Waals surface area contributed by atoms with Crippen LogP contribution in [0.3, 0.4) is 0 Å². The van der Waals surface area contributed by atoms with Crippen molar-refractivity contribution in [3.05, 3.63) is 112 Å². The summed E-state index contributed by atoms with van der Waals surface area (Å²) in [7, 11) is 4.72. The van der Waals surface area contributed by atoms with E-state index >= 15 is 0 Å². The number of methoxy groups -OCH3 is 1. The Morgan fingerprint density at radius 2 is 1.60 bits per heavy atom. The van der Waals surface area contributed by atoms with Crippen molar-refractivity contribution in [2.24, 2.45) is 7.05 Å². The number of pyridine rings is 2. The highest BCUT2D eigenvalue weighted by atomic mass is 19.1. The van der Waals surface area contributed by atoms with Gasteiger partial charge in [0.05, 0.1) is 53.0 Å². The first-order valence-electron chi connectivity index (χ1n) is 20.7. The molecule has 6 aromatic rings. The Labute approximate surface area is 361 Å². The Kier molecular flexibility index (Phi) is 13.8. The van der Waals surface area contributed by atoms with E-state index in [4.69, 9.17) is 4.74 Å². The van der Waals surface area contributed by atoms with Crippen molar-refractivity contribution in [3.63, 3.8) is 0 Å². The second-order valence-corrected chi connectivity index (χ2v) is 15.1. The van der Waals surface area contributed by atoms with Crippen LogP contribution in [0.25, 0.3) is 22.4 Å². The van der Waals surface area contributed by atoms with E-state index in [1.807, 2.05) is 18.2 Å². The Hall–Kier alpha value is -7.50. The Morgan fingerprint density at radius 3 is 2.37 bits per heavy atom. The van der Waals surface area contributed by atoms with E-state index in [0.717, 1.165) is 68.4 Å². The molecule has 0 aliphatic carbocycles. The standard InChI is InChI=1S/C45H48FN11O6/c1-47-43(60)31-26-50-37(23-33(31)53-32-15-11-14-30(40(32)63-3)41-51-24-29(46)25-52-41)54-36-22-28(19-21-48-36)42(59)49-20-9-7-5-4-6-8-12-27-13-10-16-34-39(27)56(2)45(62)57(34)35-17-18-38(58)55-44(35)61/h10-11,13-16,19,21-26,35H,4-9,12,17-18,20H2,1-3H3,(H,47,60)(H,49,59)(H,55,58,61)(H2,48,50,53,54). The van der Waals surface area contributed by atoms with Gasteiger partial charge in [0.1, 0.15) is 17.7 Å². The molecule has 5 heterocycles. The summed E-state index contributed by atoms with van der Waals surface area (Å²) in [4.78, 5) is 80.4. The molecule has 63 heavy (non-hydrogen) atoms. The number of unbranched alkanes of at least 4 members (excludes halogenated alkanes) is 5. The maximum Gasteiger partial charge on any atom is 0.329 e. The fourth-order valence-electron chi connectivity index (χ4n) is 7.74. The van der Waals surface area contributed by atoms with Gasteiger partial charge in [0, 0.05) is 51.1 Å². The van der Waals surface area contributed by atoms with Crippen LogP contribution in [0.2, 0.25) is 0 Å². The van der Waals surface area contributed by atoms with Crippen LogP contribution in [0, 0.1) is 5.82 Å². The number of piperidine rings is 1. The van der Waals surface area contributed by atoms with E-state index < -0.39 is 17.8 Å². The van der Waals surface area contributed by atoms with Crippen LogP contribution in [-0.2, 0) is 23.1 Å². The van der Waals surface area contributed by atoms with E-state index in [2.05, 4.69) is 46.5 Å². The van der Waals surface area contributed by atoms with Gasteiger partial charge in [-0.1, -0.05) is 43.9 Å². The third-order valence-corrected chi connectivity index (χ3v) is 10.9. The molecule has 1 saturated heterocycles. The Balaban J connectivity index is 0.891. The van der Waals surface area contributed by atoms with Crippen LogP contribution >= 0.6 is 0 Å². The summed E-state index contributed by atoms with van der Waals surface area (Å²) in [6.07, 6.45) is 12.1. The number of imide groups is 1. The van der Waals surface area contributed by atoms with E-state index in [1.54, 1.807) is 48.0 Å². The van der Waals surface area contributed by atoms with Crippen molar-refractivity contribution in [2.75, 3.05) is 31.3 Å². The van der Waals surface area contributed by atoms with Gasteiger partial charge >= 0.3 is 5.69 Å². The predicted molar refractivity (Wildman–Crippen MR) is 235 cm³/mol. The van der Waals surface area contributed by atoms with Gasteiger partial charge in [-0.3, -0.25) is 33.6 Å². The molecule has 0 saturated carbocycles. The molecule has 0 radical (unpaired) electrons. The average molecular weight is 858 g/mol. The molecule has 1 atom stereocenters. The van der Waals surface area contributed by atoms with Gasteiger partial charge in [-0.25, -0.2) is 29.1 Å². The van der Waals surface area contributed by atoms with Crippen LogP contribution < -0.4 is 37.0 Å². The van der Waals surface area contributed by atoms with E-state index in [-0.39, 0.29) is 41.2 Å². The Bertz CT molecular complexity index is 2720. The molecule has 1 fully saturated rings. The molecule has 0 bridgehead atoms. The molecule has 326 valence electrons. The Morgan fingerprint density at radius 1 is 0.857 bits per heavy atom. The number of fused-ring (bicyclic) bond motifs is 1. The lowest BCUT2D eigenvalue weighted by atomic mass is 10.0. The zero-order valence-electron chi connectivity index (χ0n) is 35.2. The van der Waals surface area contributed by atoms with Crippen LogP contribution in [-0.4, -0.2) is 73.4 Å². The second kappa shape index (κ2) is 19.9. The number of hydrogen-bond acceptors (Lipinski definition) is 12. The molecule has 4 aromatic heterocycles. The molecule has 18 heteroatoms. The first-order chi connectivity index (χ1) is 30.6. The molecule has 17 nitrogen and oxygen atoms in total. The molecule has 1 aliphatic rings. The fourth-order valence-corrected chi connectivity index (χ4v) is 7.74. The molecule has 7 rings (SSSR count). The van der Waals surface area contributed by atoms with Gasteiger partial charge in [-0.15, -0.1) is 0 Å². The number of anilines is 4. The first-order valence-corrected chi connectivity index (χ1v) is 20.7. The summed E-state index contributed by atoms with van der Waals surface area (Å²) < 4.78 is 22.3. The van der Waals surface area contributed by atoms with Crippen molar-refractivity contribution in [1.82, 2.24) is 45.0 Å². The number of nitrogens with one attached hydrogen (secondary N) is 5. The highest BCUT2D eigenvalue weighted by molar-refractivity contribution is 6.01. The number of imidazole rings is 1. The van der Waals surface area contributed by atoms with Gasteiger partial charge in [-0.2, -0.15) is 0 Å². The van der Waals surface area contributed by atoms with Crippen molar-refractivity contribution < 1.29 is 28.3 Å². The lowest BCUT2D eigenvalue weighted by Crippen LogP contribution is -2.44. The molecule has 1 unspecified atom stereocenters. The third-order valence-electron chi connectivity index (χ3n) is 10.9. The lowest BCUT2D eigenvalue weighted by molar-refractivity contribution is -0.135. The molecule has 0 spiro atoms. The number of aryl methyl sites for hydroxylation is 2. The minimum Gasteiger partial charge on any atom is -0.494 e. The van der Waals surface area contributed by atoms with E-state index in [0.29, 0.717) is 58.4 Å². The first kappa shape index (κ1) is 43.6. The quantitative estimate of drug-likeness (QED) is 0.0507. The third kappa shape index (κ3) is 10.0. The molecule has 1 aliphatic heterocycles. The van der Waals surface area contributed by atoms with Crippen LogP contribution in [0.5, 0.6) is 5.75 Å². The smallest absolute Gasteiger partial charge is 0.329 e. The average Bonchev–Trinajstić information content (AvgIpc) is 3.54. The second-order valence-electron chi connectivity index (χ2n) is 15.1. The minimum absolute atomic E-state index is 0.197. The summed E-state index contributed by atoms with van der Waals surface area (Å²) in [5.41, 5.74) is 4.34. The summed E-state index contributed by atoms with van der Waals surface area (Å²) in [5, 5.41) is 14.3. The van der Waals surface area contributed by atoms with E-state index in [1.165, 1.54) is 31.1 Å². The van der Waals surface area contributed by atoms with Crippen LogP contribution in [0.4, 0.5) is 27.4 Å². The number of halogens is 1. The molecule has 2 aromatic carbocycles. The zero-order chi connectivity index (χ0) is 44.5. The van der Waals surface area contributed by atoms with Crippen molar-refractivity contribution in [1.29, 1.82) is 0 Å². The largest absolute Gasteiger partial charge is 0.494 e. The molecular weight excluding hydrogens is 810 g/mol. The number of hydrogen-bond donors (Lipinski definition) is 5. The lowest BCUT2D eigenvalue weighted by Gasteiger charge is -2.21. The molecular formula is C45H48FN11O6. The zero-order valence-corrected chi connectivity index (χ0v) is 35.2. The van der Waals surface area contributed by atoms with Crippen molar-refractivity contribution in [2.45, 2.75) is 63.8 Å². The number of para-hydroxylation sites is 2. The highest BCUT2D eigenvalue weighted by Gasteiger charge is 2.31. The minimum atomic E-state index is -0.711. The van der Waals surface area contributed by atoms with Crippen LogP contribution in [0.1, 0.15) is 83.7 Å².